The minimum atomic E-state index is -0.830. The highest BCUT2D eigenvalue weighted by atomic mass is 32.1. The molecule has 0 saturated heterocycles. The molecule has 0 saturated carbocycles. The number of rotatable bonds is 7. The summed E-state index contributed by atoms with van der Waals surface area (Å²) in [6.07, 6.45) is 0.546. The van der Waals surface area contributed by atoms with Crippen molar-refractivity contribution in [2.24, 2.45) is 0 Å². The van der Waals surface area contributed by atoms with Gasteiger partial charge in [-0.15, -0.1) is 10.2 Å². The molecular weight excluding hydrogens is 370 g/mol. The standard InChI is InChI=1S/C17H21N3O4S.CH4O/c1-17(2,3)15-19-20-16(25-15)18-13(21)10-24-12-7-4-11(5-8-12)6-9-14(22)23;1-2/h4-5,7-8H,6,9-10H2,1-3H3,(H,22,23)(H,18,20,21);2H,1H3. The molecule has 1 aromatic carbocycles. The lowest BCUT2D eigenvalue weighted by molar-refractivity contribution is -0.137. The normalized spacial score (nSPS) is 10.6. The van der Waals surface area contributed by atoms with Crippen molar-refractivity contribution >= 4 is 28.3 Å². The number of carbonyl (C=O) groups excluding carboxylic acids is 1. The number of anilines is 1. The third-order valence-corrected chi connectivity index (χ3v) is 4.50. The van der Waals surface area contributed by atoms with E-state index in [0.29, 0.717) is 17.3 Å². The number of benzene rings is 1. The van der Waals surface area contributed by atoms with Gasteiger partial charge in [0.15, 0.2) is 6.61 Å². The first-order chi connectivity index (χ1) is 12.7. The summed E-state index contributed by atoms with van der Waals surface area (Å²) in [4.78, 5) is 22.5. The number of aliphatic carboxylic acids is 1. The molecule has 3 N–H and O–H groups in total. The van der Waals surface area contributed by atoms with Crippen LogP contribution in [-0.4, -0.2) is 46.0 Å². The molecule has 1 amide bonds. The van der Waals surface area contributed by atoms with E-state index in [2.05, 4.69) is 15.5 Å². The molecular formula is C18H25N3O5S. The van der Waals surface area contributed by atoms with Crippen LogP contribution in [0.4, 0.5) is 5.13 Å². The lowest BCUT2D eigenvalue weighted by Crippen LogP contribution is -2.20. The topological polar surface area (TPSA) is 122 Å². The van der Waals surface area contributed by atoms with Crippen LogP contribution in [-0.2, 0) is 21.4 Å². The molecule has 8 nitrogen and oxygen atoms in total. The van der Waals surface area contributed by atoms with Crippen molar-refractivity contribution in [3.05, 3.63) is 34.8 Å². The van der Waals surface area contributed by atoms with Crippen LogP contribution in [0.25, 0.3) is 0 Å². The summed E-state index contributed by atoms with van der Waals surface area (Å²) in [6.45, 7) is 5.95. The summed E-state index contributed by atoms with van der Waals surface area (Å²) in [5.74, 6) is -0.600. The van der Waals surface area contributed by atoms with Gasteiger partial charge in [-0.2, -0.15) is 0 Å². The SMILES string of the molecule is CC(C)(C)c1nnc(NC(=O)COc2ccc(CCC(=O)O)cc2)s1.CO. The van der Waals surface area contributed by atoms with Crippen LogP contribution in [0.5, 0.6) is 5.75 Å². The first kappa shape index (κ1) is 22.5. The Morgan fingerprint density at radius 2 is 1.78 bits per heavy atom. The molecule has 1 aromatic heterocycles. The highest BCUT2D eigenvalue weighted by molar-refractivity contribution is 7.15. The number of carboxylic acids is 1. The second-order valence-corrected chi connectivity index (χ2v) is 7.51. The molecule has 148 valence electrons. The van der Waals surface area contributed by atoms with E-state index in [1.54, 1.807) is 24.3 Å². The molecule has 1 heterocycles. The average Bonchev–Trinajstić information content (AvgIpc) is 3.09. The Labute approximate surface area is 162 Å². The van der Waals surface area contributed by atoms with Crippen LogP contribution < -0.4 is 10.1 Å². The zero-order valence-corrected chi connectivity index (χ0v) is 16.7. The third kappa shape index (κ3) is 8.14. The van der Waals surface area contributed by atoms with Gasteiger partial charge in [-0.05, 0) is 24.1 Å². The van der Waals surface area contributed by atoms with Crippen LogP contribution in [0.1, 0.15) is 37.8 Å². The number of amides is 1. The largest absolute Gasteiger partial charge is 0.484 e. The van der Waals surface area contributed by atoms with Crippen molar-refractivity contribution in [2.45, 2.75) is 39.0 Å². The number of carboxylic acid groups (broad SMARTS) is 1. The predicted octanol–water partition coefficient (Wildman–Crippen LogP) is 2.48. The highest BCUT2D eigenvalue weighted by Gasteiger charge is 2.20. The van der Waals surface area contributed by atoms with E-state index >= 15 is 0 Å². The van der Waals surface area contributed by atoms with Crippen LogP contribution in [0.3, 0.4) is 0 Å². The highest BCUT2D eigenvalue weighted by Crippen LogP contribution is 2.27. The second-order valence-electron chi connectivity index (χ2n) is 6.54. The lowest BCUT2D eigenvalue weighted by atomic mass is 9.98. The summed E-state index contributed by atoms with van der Waals surface area (Å²) < 4.78 is 5.42. The van der Waals surface area contributed by atoms with Crippen molar-refractivity contribution in [2.75, 3.05) is 19.0 Å². The van der Waals surface area contributed by atoms with Gasteiger partial charge in [-0.25, -0.2) is 0 Å². The summed E-state index contributed by atoms with van der Waals surface area (Å²) in [7, 11) is 1.00. The molecule has 0 atom stereocenters. The first-order valence-corrected chi connectivity index (χ1v) is 9.08. The molecule has 2 rings (SSSR count). The van der Waals surface area contributed by atoms with Gasteiger partial charge in [0.25, 0.3) is 5.91 Å². The molecule has 0 aliphatic heterocycles. The fourth-order valence-electron chi connectivity index (χ4n) is 1.88. The number of hydrogen-bond acceptors (Lipinski definition) is 7. The minimum absolute atomic E-state index is 0.0843. The van der Waals surface area contributed by atoms with Crippen molar-refractivity contribution in [1.82, 2.24) is 10.2 Å². The van der Waals surface area contributed by atoms with E-state index in [4.69, 9.17) is 14.9 Å². The second kappa shape index (κ2) is 10.6. The number of aliphatic hydroxyl groups is 1. The first-order valence-electron chi connectivity index (χ1n) is 8.26. The van der Waals surface area contributed by atoms with Crippen LogP contribution in [0, 0.1) is 0 Å². The third-order valence-electron chi connectivity index (χ3n) is 3.23. The number of hydrogen-bond donors (Lipinski definition) is 3. The number of carbonyl (C=O) groups is 2. The van der Waals surface area contributed by atoms with Gasteiger partial charge in [-0.1, -0.05) is 44.2 Å². The number of nitrogens with one attached hydrogen (secondary N) is 1. The molecule has 9 heteroatoms. The zero-order chi connectivity index (χ0) is 20.4. The molecule has 27 heavy (non-hydrogen) atoms. The van der Waals surface area contributed by atoms with E-state index in [0.717, 1.165) is 17.7 Å². The Balaban J connectivity index is 0.00000176. The van der Waals surface area contributed by atoms with Crippen molar-refractivity contribution < 1.29 is 24.5 Å². The monoisotopic (exact) mass is 395 g/mol. The van der Waals surface area contributed by atoms with Gasteiger partial charge in [0, 0.05) is 18.9 Å². The van der Waals surface area contributed by atoms with E-state index < -0.39 is 5.97 Å². The van der Waals surface area contributed by atoms with Gasteiger partial charge in [0.05, 0.1) is 0 Å². The van der Waals surface area contributed by atoms with Gasteiger partial charge in [-0.3, -0.25) is 14.9 Å². The average molecular weight is 395 g/mol. The van der Waals surface area contributed by atoms with Crippen LogP contribution in [0.2, 0.25) is 0 Å². The molecule has 0 radical (unpaired) electrons. The van der Waals surface area contributed by atoms with E-state index in [1.807, 2.05) is 20.8 Å². The number of ether oxygens (including phenoxy) is 1. The number of nitrogens with zero attached hydrogens (tertiary/aromatic N) is 2. The van der Waals surface area contributed by atoms with Crippen molar-refractivity contribution in [3.63, 3.8) is 0 Å². The maximum absolute atomic E-state index is 11.9. The maximum atomic E-state index is 11.9. The van der Waals surface area contributed by atoms with Crippen molar-refractivity contribution in [3.8, 4) is 5.75 Å². The Morgan fingerprint density at radius 3 is 2.30 bits per heavy atom. The molecule has 2 aromatic rings. The Kier molecular flexibility index (Phi) is 8.83. The predicted molar refractivity (Wildman–Crippen MR) is 103 cm³/mol. The summed E-state index contributed by atoms with van der Waals surface area (Å²) in [6, 6.07) is 7.01. The Hall–Kier alpha value is -2.52. The quantitative estimate of drug-likeness (QED) is 0.658. The van der Waals surface area contributed by atoms with E-state index in [9.17, 15) is 9.59 Å². The number of aryl methyl sites for hydroxylation is 1. The van der Waals surface area contributed by atoms with Gasteiger partial charge >= 0.3 is 5.97 Å². The minimum Gasteiger partial charge on any atom is -0.484 e. The van der Waals surface area contributed by atoms with E-state index in [1.165, 1.54) is 11.3 Å². The molecule has 0 fully saturated rings. The molecule has 0 unspecified atom stereocenters. The van der Waals surface area contributed by atoms with Gasteiger partial charge < -0.3 is 14.9 Å². The fourth-order valence-corrected chi connectivity index (χ4v) is 2.70. The maximum Gasteiger partial charge on any atom is 0.303 e. The summed E-state index contributed by atoms with van der Waals surface area (Å²) in [5.41, 5.74) is 0.794. The smallest absolute Gasteiger partial charge is 0.303 e. The van der Waals surface area contributed by atoms with Crippen LogP contribution >= 0.6 is 11.3 Å². The summed E-state index contributed by atoms with van der Waals surface area (Å²) >= 11 is 1.34. The lowest BCUT2D eigenvalue weighted by Gasteiger charge is -2.12. The van der Waals surface area contributed by atoms with E-state index in [-0.39, 0.29) is 24.3 Å². The number of aromatic nitrogens is 2. The van der Waals surface area contributed by atoms with Gasteiger partial charge in [0.1, 0.15) is 10.8 Å². The fraction of sp³-hybridized carbons (Fsp3) is 0.444. The molecule has 0 bridgehead atoms. The zero-order valence-electron chi connectivity index (χ0n) is 15.9. The molecule has 0 aliphatic rings. The number of aliphatic hydroxyl groups excluding tert-OH is 1. The van der Waals surface area contributed by atoms with Crippen molar-refractivity contribution in [1.29, 1.82) is 0 Å². The molecule has 0 aliphatic carbocycles. The van der Waals surface area contributed by atoms with Crippen LogP contribution in [0.15, 0.2) is 24.3 Å². The summed E-state index contributed by atoms with van der Waals surface area (Å²) in [5, 5.41) is 27.6. The van der Waals surface area contributed by atoms with Gasteiger partial charge in [0.2, 0.25) is 5.13 Å². The Bertz CT molecular complexity index is 738. The molecule has 0 spiro atoms. The Morgan fingerprint density at radius 1 is 1.15 bits per heavy atom.